The molecule has 5 rings (SSSR count). The molecule has 0 radical (unpaired) electrons. The zero-order valence-corrected chi connectivity index (χ0v) is 19.3. The fourth-order valence-electron chi connectivity index (χ4n) is 3.69. The topological polar surface area (TPSA) is 114 Å². The number of rotatable bonds is 5. The van der Waals surface area contributed by atoms with Crippen LogP contribution < -0.4 is 16.1 Å². The molecule has 0 fully saturated rings. The summed E-state index contributed by atoms with van der Waals surface area (Å²) in [6, 6.07) is 14.3. The predicted molar refractivity (Wildman–Crippen MR) is 131 cm³/mol. The zero-order chi connectivity index (χ0) is 23.8. The Morgan fingerprint density at radius 3 is 2.32 bits per heavy atom. The molecule has 0 aliphatic rings. The van der Waals surface area contributed by atoms with Crippen molar-refractivity contribution in [1.29, 1.82) is 0 Å². The maximum absolute atomic E-state index is 13.3. The Balaban J connectivity index is 1.62. The molecule has 0 saturated heterocycles. The lowest BCUT2D eigenvalue weighted by molar-refractivity contribution is 0.168. The van der Waals surface area contributed by atoms with Crippen molar-refractivity contribution < 1.29 is 4.84 Å². The van der Waals surface area contributed by atoms with Crippen molar-refractivity contribution in [2.75, 3.05) is 12.8 Å². The molecular formula is C23H17Cl2N7O2. The third kappa shape index (κ3) is 3.85. The summed E-state index contributed by atoms with van der Waals surface area (Å²) in [4.78, 5) is 27.7. The van der Waals surface area contributed by atoms with Gasteiger partial charge in [-0.3, -0.25) is 4.79 Å². The molecule has 2 aromatic carbocycles. The Labute approximate surface area is 203 Å². The summed E-state index contributed by atoms with van der Waals surface area (Å²) in [5.74, 6) is 0.540. The van der Waals surface area contributed by atoms with Gasteiger partial charge in [0, 0.05) is 17.7 Å². The molecule has 11 heteroatoms. The molecule has 9 nitrogen and oxygen atoms in total. The number of pyridine rings is 1. The van der Waals surface area contributed by atoms with Gasteiger partial charge in [0.05, 0.1) is 21.0 Å². The van der Waals surface area contributed by atoms with Gasteiger partial charge in [-0.2, -0.15) is 0 Å². The first-order chi connectivity index (χ1) is 16.5. The highest BCUT2D eigenvalue weighted by Crippen LogP contribution is 2.34. The van der Waals surface area contributed by atoms with Crippen LogP contribution >= 0.6 is 23.2 Å². The van der Waals surface area contributed by atoms with E-state index in [9.17, 15) is 4.79 Å². The quantitative estimate of drug-likeness (QED) is 0.396. The smallest absolute Gasteiger partial charge is 0.293 e. The average Bonchev–Trinajstić information content (AvgIpc) is 3.33. The van der Waals surface area contributed by atoms with Crippen molar-refractivity contribution in [3.8, 4) is 22.5 Å². The van der Waals surface area contributed by atoms with Crippen molar-refractivity contribution in [3.63, 3.8) is 0 Å². The number of hydrogen-bond acceptors (Lipinski definition) is 7. The molecule has 2 N–H and O–H groups in total. The molecule has 34 heavy (non-hydrogen) atoms. The largest absolute Gasteiger partial charge is 0.412 e. The van der Waals surface area contributed by atoms with Crippen LogP contribution in [-0.2, 0) is 6.54 Å². The van der Waals surface area contributed by atoms with E-state index in [1.54, 1.807) is 36.9 Å². The maximum atomic E-state index is 13.3. The van der Waals surface area contributed by atoms with Gasteiger partial charge in [-0.1, -0.05) is 53.5 Å². The Hall–Kier alpha value is -3.95. The first-order valence-electron chi connectivity index (χ1n) is 10.1. The van der Waals surface area contributed by atoms with E-state index in [-0.39, 0.29) is 17.0 Å². The molecule has 0 atom stereocenters. The maximum Gasteiger partial charge on any atom is 0.293 e. The molecule has 0 spiro atoms. The van der Waals surface area contributed by atoms with E-state index in [4.69, 9.17) is 33.8 Å². The fraction of sp³-hybridized carbons (Fsp3) is 0.0870. The molecule has 3 heterocycles. The number of nitrogen functional groups attached to an aromatic ring is 1. The Morgan fingerprint density at radius 1 is 1.00 bits per heavy atom. The van der Waals surface area contributed by atoms with Gasteiger partial charge in [-0.25, -0.2) is 9.97 Å². The fourth-order valence-corrected chi connectivity index (χ4v) is 4.29. The summed E-state index contributed by atoms with van der Waals surface area (Å²) >= 11 is 12.7. The molecule has 0 amide bonds. The first-order valence-corrected chi connectivity index (χ1v) is 10.9. The Morgan fingerprint density at radius 2 is 1.68 bits per heavy atom. The van der Waals surface area contributed by atoms with Gasteiger partial charge in [0.25, 0.3) is 5.56 Å². The van der Waals surface area contributed by atoms with Crippen LogP contribution in [0.25, 0.3) is 33.5 Å². The summed E-state index contributed by atoms with van der Waals surface area (Å²) in [5.41, 5.74) is 8.46. The molecule has 0 aliphatic carbocycles. The standard InChI is InChI=1S/C23H17Cl2N7O2/c1-34-32-22-16(9-15(23(32)33)19-17(24)3-2-4-18(19)25)20(26)29-21(30-22)14-7-5-13(6-8-14)10-31-11-27-28-12-31/h2-9,11-12H,10H2,1H3,(H2,26,29,30). The van der Waals surface area contributed by atoms with Crippen LogP contribution in [0.5, 0.6) is 0 Å². The van der Waals surface area contributed by atoms with Gasteiger partial charge < -0.3 is 15.1 Å². The number of nitrogens with two attached hydrogens (primary N) is 1. The van der Waals surface area contributed by atoms with Crippen molar-refractivity contribution in [2.24, 2.45) is 0 Å². The van der Waals surface area contributed by atoms with Gasteiger partial charge in [-0.15, -0.1) is 14.9 Å². The van der Waals surface area contributed by atoms with E-state index in [0.29, 0.717) is 33.4 Å². The van der Waals surface area contributed by atoms with Crippen LogP contribution in [0.1, 0.15) is 5.56 Å². The zero-order valence-electron chi connectivity index (χ0n) is 17.8. The van der Waals surface area contributed by atoms with E-state index in [1.165, 1.54) is 7.11 Å². The number of nitrogens with zero attached hydrogens (tertiary/aromatic N) is 6. The summed E-state index contributed by atoms with van der Waals surface area (Å²) in [6.45, 7) is 0.630. The SMILES string of the molecule is COn1c(=O)c(-c2c(Cl)cccc2Cl)cc2c(N)nc(-c3ccc(Cn4cnnc4)cc3)nc21. The van der Waals surface area contributed by atoms with Crippen molar-refractivity contribution >= 4 is 40.1 Å². The monoisotopic (exact) mass is 493 g/mol. The van der Waals surface area contributed by atoms with Gasteiger partial charge >= 0.3 is 0 Å². The highest BCUT2D eigenvalue weighted by atomic mass is 35.5. The van der Waals surface area contributed by atoms with E-state index < -0.39 is 5.56 Å². The lowest BCUT2D eigenvalue weighted by atomic mass is 10.1. The molecule has 0 bridgehead atoms. The number of anilines is 1. The number of benzene rings is 2. The summed E-state index contributed by atoms with van der Waals surface area (Å²) < 4.78 is 2.92. The van der Waals surface area contributed by atoms with Crippen molar-refractivity contribution in [2.45, 2.75) is 6.54 Å². The van der Waals surface area contributed by atoms with Gasteiger partial charge in [-0.05, 0) is 23.8 Å². The third-order valence-corrected chi connectivity index (χ3v) is 5.94. The normalized spacial score (nSPS) is 11.1. The summed E-state index contributed by atoms with van der Waals surface area (Å²) in [6.07, 6.45) is 3.30. The minimum absolute atomic E-state index is 0.184. The van der Waals surface area contributed by atoms with Crippen LogP contribution in [0.3, 0.4) is 0 Å². The predicted octanol–water partition coefficient (Wildman–Crippen LogP) is 3.71. The van der Waals surface area contributed by atoms with E-state index in [2.05, 4.69) is 20.2 Å². The van der Waals surface area contributed by atoms with Crippen LogP contribution in [0.15, 0.2) is 66.0 Å². The second-order valence-electron chi connectivity index (χ2n) is 7.44. The highest BCUT2D eigenvalue weighted by Gasteiger charge is 2.20. The number of aromatic nitrogens is 6. The number of fused-ring (bicyclic) bond motifs is 1. The Bertz CT molecular complexity index is 1550. The molecule has 3 aromatic heterocycles. The second-order valence-corrected chi connectivity index (χ2v) is 8.25. The number of hydrogen-bond donors (Lipinski definition) is 1. The van der Waals surface area contributed by atoms with E-state index >= 15 is 0 Å². The molecule has 0 saturated carbocycles. The lowest BCUT2D eigenvalue weighted by Crippen LogP contribution is -2.27. The van der Waals surface area contributed by atoms with Crippen molar-refractivity contribution in [3.05, 3.63) is 87.1 Å². The van der Waals surface area contributed by atoms with Crippen LogP contribution in [0.4, 0.5) is 5.82 Å². The van der Waals surface area contributed by atoms with Crippen LogP contribution in [0, 0.1) is 0 Å². The number of halogens is 2. The average molecular weight is 494 g/mol. The minimum atomic E-state index is -0.474. The van der Waals surface area contributed by atoms with Crippen LogP contribution in [0.2, 0.25) is 10.0 Å². The highest BCUT2D eigenvalue weighted by molar-refractivity contribution is 6.39. The summed E-state index contributed by atoms with van der Waals surface area (Å²) in [5, 5.41) is 8.70. The van der Waals surface area contributed by atoms with Crippen LogP contribution in [-0.4, -0.2) is 36.6 Å². The van der Waals surface area contributed by atoms with Gasteiger partial charge in [0.1, 0.15) is 25.6 Å². The second kappa shape index (κ2) is 8.77. The van der Waals surface area contributed by atoms with Crippen molar-refractivity contribution in [1.82, 2.24) is 29.5 Å². The van der Waals surface area contributed by atoms with Gasteiger partial charge in [0.15, 0.2) is 11.5 Å². The Kier molecular flexibility index (Phi) is 5.64. The molecule has 5 aromatic rings. The lowest BCUT2D eigenvalue weighted by Gasteiger charge is -2.14. The molecule has 0 unspecified atom stereocenters. The van der Waals surface area contributed by atoms with E-state index in [0.717, 1.165) is 15.9 Å². The molecule has 0 aliphatic heterocycles. The molecular weight excluding hydrogens is 477 g/mol. The first kappa shape index (κ1) is 21.9. The molecule has 170 valence electrons. The summed E-state index contributed by atoms with van der Waals surface area (Å²) in [7, 11) is 1.37. The minimum Gasteiger partial charge on any atom is -0.412 e. The van der Waals surface area contributed by atoms with Gasteiger partial charge in [0.2, 0.25) is 0 Å². The van der Waals surface area contributed by atoms with E-state index in [1.807, 2.05) is 28.8 Å². The third-order valence-electron chi connectivity index (χ3n) is 5.31.